The van der Waals surface area contributed by atoms with Crippen molar-refractivity contribution in [3.05, 3.63) is 76.1 Å². The number of hydrogen-bond donors (Lipinski definition) is 1. The first-order valence-corrected chi connectivity index (χ1v) is 9.65. The van der Waals surface area contributed by atoms with Crippen molar-refractivity contribution in [1.82, 2.24) is 19.9 Å². The smallest absolute Gasteiger partial charge is 0.220 e. The molecule has 0 unspecified atom stereocenters. The minimum Gasteiger partial charge on any atom is -0.352 e. The minimum absolute atomic E-state index is 0.00417. The monoisotopic (exact) mass is 392 g/mol. The number of fused-ring (bicyclic) bond motifs is 3. The van der Waals surface area contributed by atoms with Crippen LogP contribution in [0.5, 0.6) is 0 Å². The second-order valence-electron chi connectivity index (χ2n) is 6.92. The average molecular weight is 393 g/mol. The van der Waals surface area contributed by atoms with E-state index in [9.17, 15) is 4.79 Å². The van der Waals surface area contributed by atoms with E-state index in [1.54, 1.807) is 0 Å². The highest BCUT2D eigenvalue weighted by Crippen LogP contribution is 2.23. The Morgan fingerprint density at radius 2 is 1.96 bits per heavy atom. The number of carbonyl (C=O) groups excluding carboxylic acids is 1. The van der Waals surface area contributed by atoms with Gasteiger partial charge in [0.15, 0.2) is 5.65 Å². The molecule has 0 aliphatic carbocycles. The first-order valence-electron chi connectivity index (χ1n) is 9.27. The van der Waals surface area contributed by atoms with Crippen molar-refractivity contribution in [3.63, 3.8) is 0 Å². The zero-order valence-electron chi connectivity index (χ0n) is 15.9. The molecule has 0 fully saturated rings. The molecular formula is C22H21ClN4O. The van der Waals surface area contributed by atoms with Gasteiger partial charge in [0.05, 0.1) is 5.52 Å². The Balaban J connectivity index is 1.50. The number of amides is 1. The number of aryl methyl sites for hydroxylation is 2. The highest BCUT2D eigenvalue weighted by molar-refractivity contribution is 6.30. The van der Waals surface area contributed by atoms with Crippen LogP contribution in [-0.4, -0.2) is 20.5 Å². The molecule has 0 saturated heterocycles. The van der Waals surface area contributed by atoms with Gasteiger partial charge < -0.3 is 5.32 Å². The Kier molecular flexibility index (Phi) is 5.01. The van der Waals surface area contributed by atoms with Gasteiger partial charge in [-0.25, -0.2) is 9.50 Å². The zero-order valence-corrected chi connectivity index (χ0v) is 16.6. The number of aromatic nitrogens is 3. The summed E-state index contributed by atoms with van der Waals surface area (Å²) in [6.45, 7) is 4.50. The first-order chi connectivity index (χ1) is 13.5. The summed E-state index contributed by atoms with van der Waals surface area (Å²) in [7, 11) is 0. The molecule has 28 heavy (non-hydrogen) atoms. The van der Waals surface area contributed by atoms with Crippen LogP contribution in [-0.2, 0) is 17.8 Å². The largest absolute Gasteiger partial charge is 0.352 e. The lowest BCUT2D eigenvalue weighted by Crippen LogP contribution is -2.23. The van der Waals surface area contributed by atoms with E-state index in [1.807, 2.05) is 66.9 Å². The van der Waals surface area contributed by atoms with Crippen molar-refractivity contribution >= 4 is 34.1 Å². The molecule has 0 saturated carbocycles. The summed E-state index contributed by atoms with van der Waals surface area (Å²) in [5.41, 5.74) is 5.81. The van der Waals surface area contributed by atoms with Gasteiger partial charge in [0.25, 0.3) is 0 Å². The molecule has 0 aliphatic heterocycles. The summed E-state index contributed by atoms with van der Waals surface area (Å²) in [6, 6.07) is 15.5. The quantitative estimate of drug-likeness (QED) is 0.547. The van der Waals surface area contributed by atoms with Crippen LogP contribution in [0.3, 0.4) is 0 Å². The third-order valence-electron chi connectivity index (χ3n) is 5.00. The van der Waals surface area contributed by atoms with Crippen molar-refractivity contribution in [2.24, 2.45) is 0 Å². The van der Waals surface area contributed by atoms with E-state index >= 15 is 0 Å². The number of hydrogen-bond acceptors (Lipinski definition) is 3. The van der Waals surface area contributed by atoms with E-state index in [-0.39, 0.29) is 5.91 Å². The zero-order chi connectivity index (χ0) is 19.7. The van der Waals surface area contributed by atoms with Crippen LogP contribution in [0, 0.1) is 13.8 Å². The summed E-state index contributed by atoms with van der Waals surface area (Å²) in [4.78, 5) is 17.1. The SMILES string of the molecule is Cc1nc2c3ccccc3nn2c(C)c1CCC(=O)NCc1cccc(Cl)c1. The van der Waals surface area contributed by atoms with Crippen LogP contribution in [0.2, 0.25) is 5.02 Å². The van der Waals surface area contributed by atoms with E-state index in [0.717, 1.165) is 39.1 Å². The summed E-state index contributed by atoms with van der Waals surface area (Å²) in [5.74, 6) is 0.00417. The van der Waals surface area contributed by atoms with Crippen molar-refractivity contribution in [3.8, 4) is 0 Å². The molecular weight excluding hydrogens is 372 g/mol. The van der Waals surface area contributed by atoms with Crippen LogP contribution in [0.1, 0.15) is 28.9 Å². The van der Waals surface area contributed by atoms with Crippen molar-refractivity contribution in [2.75, 3.05) is 0 Å². The Labute approximate surface area is 168 Å². The van der Waals surface area contributed by atoms with E-state index < -0.39 is 0 Å². The molecule has 2 aromatic carbocycles. The second-order valence-corrected chi connectivity index (χ2v) is 7.36. The van der Waals surface area contributed by atoms with E-state index in [2.05, 4.69) is 10.4 Å². The maximum absolute atomic E-state index is 12.3. The predicted octanol–water partition coefficient (Wildman–Crippen LogP) is 4.40. The molecule has 0 atom stereocenters. The third-order valence-corrected chi connectivity index (χ3v) is 5.23. The molecule has 5 nitrogen and oxygen atoms in total. The van der Waals surface area contributed by atoms with Crippen LogP contribution in [0.4, 0.5) is 0 Å². The van der Waals surface area contributed by atoms with Crippen molar-refractivity contribution < 1.29 is 4.79 Å². The lowest BCUT2D eigenvalue weighted by molar-refractivity contribution is -0.121. The fourth-order valence-electron chi connectivity index (χ4n) is 3.51. The molecule has 0 aliphatic rings. The molecule has 6 heteroatoms. The summed E-state index contributed by atoms with van der Waals surface area (Å²) >= 11 is 5.99. The highest BCUT2D eigenvalue weighted by atomic mass is 35.5. The number of carbonyl (C=O) groups is 1. The number of benzene rings is 2. The Morgan fingerprint density at radius 1 is 1.14 bits per heavy atom. The van der Waals surface area contributed by atoms with Gasteiger partial charge in [-0.3, -0.25) is 4.79 Å². The molecule has 0 spiro atoms. The van der Waals surface area contributed by atoms with Crippen LogP contribution in [0.15, 0.2) is 48.5 Å². The fourth-order valence-corrected chi connectivity index (χ4v) is 3.73. The standard InChI is InChI=1S/C22H21ClN4O/c1-14-18(10-11-21(28)24-13-16-6-5-7-17(23)12-16)15(2)27-22(25-14)19-8-3-4-9-20(19)26-27/h3-9,12H,10-11,13H2,1-2H3,(H,24,28). The van der Waals surface area contributed by atoms with Gasteiger partial charge in [-0.05, 0) is 55.7 Å². The van der Waals surface area contributed by atoms with Crippen molar-refractivity contribution in [1.29, 1.82) is 0 Å². The second kappa shape index (κ2) is 7.60. The molecule has 4 rings (SSSR count). The van der Waals surface area contributed by atoms with Gasteiger partial charge in [-0.15, -0.1) is 0 Å². The number of halogens is 1. The molecule has 1 amide bonds. The fraction of sp³-hybridized carbons (Fsp3) is 0.227. The average Bonchev–Trinajstić information content (AvgIpc) is 3.05. The summed E-state index contributed by atoms with van der Waals surface area (Å²) in [5, 5.41) is 9.33. The van der Waals surface area contributed by atoms with Crippen LogP contribution in [0.25, 0.3) is 16.6 Å². The first kappa shape index (κ1) is 18.4. The predicted molar refractivity (Wildman–Crippen MR) is 112 cm³/mol. The van der Waals surface area contributed by atoms with Gasteiger partial charge in [-0.1, -0.05) is 35.9 Å². The molecule has 142 valence electrons. The number of nitrogens with zero attached hydrogens (tertiary/aromatic N) is 3. The van der Waals surface area contributed by atoms with Gasteiger partial charge in [0.1, 0.15) is 0 Å². The third kappa shape index (κ3) is 3.58. The molecule has 1 N–H and O–H groups in total. The van der Waals surface area contributed by atoms with Crippen molar-refractivity contribution in [2.45, 2.75) is 33.2 Å². The highest BCUT2D eigenvalue weighted by Gasteiger charge is 2.14. The summed E-state index contributed by atoms with van der Waals surface area (Å²) < 4.78 is 1.89. The maximum atomic E-state index is 12.3. The van der Waals surface area contributed by atoms with Gasteiger partial charge in [0, 0.05) is 34.8 Å². The summed E-state index contributed by atoms with van der Waals surface area (Å²) in [6.07, 6.45) is 1.02. The van der Waals surface area contributed by atoms with E-state index in [1.165, 1.54) is 0 Å². The van der Waals surface area contributed by atoms with Crippen LogP contribution >= 0.6 is 11.6 Å². The Hall–Kier alpha value is -2.92. The normalized spacial score (nSPS) is 11.2. The molecule has 4 aromatic rings. The minimum atomic E-state index is 0.00417. The van der Waals surface area contributed by atoms with E-state index in [0.29, 0.717) is 24.4 Å². The van der Waals surface area contributed by atoms with Gasteiger partial charge in [0.2, 0.25) is 5.91 Å². The molecule has 2 heterocycles. The Bertz CT molecular complexity index is 1180. The van der Waals surface area contributed by atoms with Crippen LogP contribution < -0.4 is 5.32 Å². The molecule has 0 radical (unpaired) electrons. The molecule has 0 bridgehead atoms. The van der Waals surface area contributed by atoms with Gasteiger partial charge >= 0.3 is 0 Å². The Morgan fingerprint density at radius 3 is 2.79 bits per heavy atom. The number of rotatable bonds is 5. The van der Waals surface area contributed by atoms with E-state index in [4.69, 9.17) is 16.6 Å². The lowest BCUT2D eigenvalue weighted by Gasteiger charge is -2.11. The molecule has 2 aromatic heterocycles. The number of nitrogens with one attached hydrogen (secondary N) is 1. The maximum Gasteiger partial charge on any atom is 0.220 e. The topological polar surface area (TPSA) is 59.3 Å². The van der Waals surface area contributed by atoms with Gasteiger partial charge in [-0.2, -0.15) is 5.10 Å². The lowest BCUT2D eigenvalue weighted by atomic mass is 10.1.